The Bertz CT molecular complexity index is 338. The van der Waals surface area contributed by atoms with Gasteiger partial charge in [-0.3, -0.25) is 0 Å². The minimum Gasteiger partial charge on any atom is -0.374 e. The predicted octanol–water partition coefficient (Wildman–Crippen LogP) is 1.04. The van der Waals surface area contributed by atoms with Crippen LogP contribution in [0.25, 0.3) is 0 Å². The Kier molecular flexibility index (Phi) is 3.60. The van der Waals surface area contributed by atoms with Crippen LogP contribution in [0, 0.1) is 0 Å². The first-order chi connectivity index (χ1) is 7.66. The number of nitrogens with two attached hydrogens (primary N) is 1. The fraction of sp³-hybridized carbons (Fsp3) is 0.800. The molecule has 1 aliphatic rings. The molecule has 2 heterocycles. The van der Waals surface area contributed by atoms with Gasteiger partial charge in [0.1, 0.15) is 0 Å². The highest BCUT2D eigenvalue weighted by Gasteiger charge is 2.21. The van der Waals surface area contributed by atoms with Crippen molar-refractivity contribution in [1.29, 1.82) is 0 Å². The smallest absolute Gasteiger partial charge is 0.210 e. The second kappa shape index (κ2) is 4.97. The second-order valence-electron chi connectivity index (χ2n) is 4.48. The molecular formula is C10H19N5S. The van der Waals surface area contributed by atoms with Crippen LogP contribution in [-0.4, -0.2) is 48.3 Å². The van der Waals surface area contributed by atoms with E-state index in [0.29, 0.717) is 11.2 Å². The molecular weight excluding hydrogens is 222 g/mol. The van der Waals surface area contributed by atoms with Gasteiger partial charge in [-0.15, -0.1) is 10.2 Å². The highest BCUT2D eigenvalue weighted by atomic mass is 32.1. The van der Waals surface area contributed by atoms with Gasteiger partial charge in [0, 0.05) is 19.1 Å². The van der Waals surface area contributed by atoms with Crippen LogP contribution in [0.2, 0.25) is 0 Å². The van der Waals surface area contributed by atoms with E-state index in [9.17, 15) is 0 Å². The van der Waals surface area contributed by atoms with Gasteiger partial charge in [0.05, 0.1) is 0 Å². The zero-order chi connectivity index (χ0) is 11.5. The lowest BCUT2D eigenvalue weighted by atomic mass is 10.1. The fourth-order valence-corrected chi connectivity index (χ4v) is 2.71. The quantitative estimate of drug-likeness (QED) is 0.838. The number of hydrogen-bond donors (Lipinski definition) is 1. The molecule has 0 spiro atoms. The van der Waals surface area contributed by atoms with Crippen molar-refractivity contribution in [3.05, 3.63) is 0 Å². The zero-order valence-corrected chi connectivity index (χ0v) is 10.7. The number of nitrogen functional groups attached to an aromatic ring is 1. The molecule has 0 saturated carbocycles. The third-order valence-electron chi connectivity index (χ3n) is 3.08. The van der Waals surface area contributed by atoms with E-state index in [-0.39, 0.29) is 0 Å². The van der Waals surface area contributed by atoms with Gasteiger partial charge >= 0.3 is 0 Å². The number of hydrogen-bond acceptors (Lipinski definition) is 6. The van der Waals surface area contributed by atoms with E-state index in [1.165, 1.54) is 30.6 Å². The number of likely N-dealkylation sites (N-methyl/N-ethyl adjacent to an activating group) is 1. The molecule has 1 atom stereocenters. The molecule has 0 amide bonds. The summed E-state index contributed by atoms with van der Waals surface area (Å²) in [6, 6.07) is 0.604. The van der Waals surface area contributed by atoms with Crippen LogP contribution in [0.15, 0.2) is 0 Å². The summed E-state index contributed by atoms with van der Waals surface area (Å²) in [5.41, 5.74) is 5.63. The van der Waals surface area contributed by atoms with Crippen molar-refractivity contribution in [3.63, 3.8) is 0 Å². The van der Waals surface area contributed by atoms with E-state index in [2.05, 4.69) is 34.1 Å². The Hall–Kier alpha value is -0.880. The van der Waals surface area contributed by atoms with Gasteiger partial charge in [-0.25, -0.2) is 0 Å². The van der Waals surface area contributed by atoms with Gasteiger partial charge in [0.15, 0.2) is 0 Å². The van der Waals surface area contributed by atoms with Crippen LogP contribution in [-0.2, 0) is 0 Å². The summed E-state index contributed by atoms with van der Waals surface area (Å²) >= 11 is 1.48. The summed E-state index contributed by atoms with van der Waals surface area (Å²) in [6.07, 6.45) is 3.77. The average molecular weight is 241 g/mol. The number of aromatic nitrogens is 2. The average Bonchev–Trinajstić information content (AvgIpc) is 2.54. The molecule has 0 radical (unpaired) electrons. The van der Waals surface area contributed by atoms with E-state index in [1.807, 2.05) is 0 Å². The van der Waals surface area contributed by atoms with Crippen molar-refractivity contribution in [1.82, 2.24) is 15.1 Å². The first-order valence-corrected chi connectivity index (χ1v) is 6.49. The summed E-state index contributed by atoms with van der Waals surface area (Å²) < 4.78 is 0. The van der Waals surface area contributed by atoms with E-state index < -0.39 is 0 Å². The molecule has 1 aliphatic heterocycles. The molecule has 1 saturated heterocycles. The fourth-order valence-electron chi connectivity index (χ4n) is 2.07. The Morgan fingerprint density at radius 2 is 2.19 bits per heavy atom. The van der Waals surface area contributed by atoms with Crippen molar-refractivity contribution < 1.29 is 0 Å². The van der Waals surface area contributed by atoms with Crippen LogP contribution in [0.3, 0.4) is 0 Å². The summed E-state index contributed by atoms with van der Waals surface area (Å²) in [4.78, 5) is 4.61. The van der Waals surface area contributed by atoms with Crippen LogP contribution in [0.5, 0.6) is 0 Å². The van der Waals surface area contributed by atoms with Crippen molar-refractivity contribution in [3.8, 4) is 0 Å². The second-order valence-corrected chi connectivity index (χ2v) is 5.47. The minimum atomic E-state index is 0.556. The molecule has 2 rings (SSSR count). The van der Waals surface area contributed by atoms with Crippen molar-refractivity contribution in [2.45, 2.75) is 25.3 Å². The molecule has 0 aliphatic carbocycles. The summed E-state index contributed by atoms with van der Waals surface area (Å²) in [5.74, 6) is 0. The lowest BCUT2D eigenvalue weighted by Gasteiger charge is -2.27. The highest BCUT2D eigenvalue weighted by molar-refractivity contribution is 7.18. The summed E-state index contributed by atoms with van der Waals surface area (Å²) in [6.45, 7) is 2.10. The number of rotatable bonds is 2. The first-order valence-electron chi connectivity index (χ1n) is 5.67. The molecule has 2 N–H and O–H groups in total. The molecule has 6 heteroatoms. The maximum Gasteiger partial charge on any atom is 0.210 e. The molecule has 5 nitrogen and oxygen atoms in total. The highest BCUT2D eigenvalue weighted by Crippen LogP contribution is 2.25. The molecule has 0 bridgehead atoms. The zero-order valence-electron chi connectivity index (χ0n) is 9.89. The van der Waals surface area contributed by atoms with Gasteiger partial charge in [-0.1, -0.05) is 17.8 Å². The summed E-state index contributed by atoms with van der Waals surface area (Å²) in [7, 11) is 4.28. The van der Waals surface area contributed by atoms with Crippen LogP contribution < -0.4 is 10.6 Å². The summed E-state index contributed by atoms with van der Waals surface area (Å²) in [5, 5.41) is 9.53. The Labute approximate surface area is 100 Å². The first kappa shape index (κ1) is 11.6. The van der Waals surface area contributed by atoms with Gasteiger partial charge < -0.3 is 15.5 Å². The van der Waals surface area contributed by atoms with E-state index in [1.54, 1.807) is 0 Å². The van der Waals surface area contributed by atoms with Gasteiger partial charge in [-0.05, 0) is 26.9 Å². The molecule has 0 unspecified atom stereocenters. The maximum atomic E-state index is 5.63. The SMILES string of the molecule is CN(C)[C@H]1CCCCN(c2nnc(N)s2)C1. The van der Waals surface area contributed by atoms with Gasteiger partial charge in [-0.2, -0.15) is 0 Å². The van der Waals surface area contributed by atoms with E-state index in [0.717, 1.165) is 18.2 Å². The Morgan fingerprint density at radius 1 is 1.38 bits per heavy atom. The Morgan fingerprint density at radius 3 is 2.81 bits per heavy atom. The van der Waals surface area contributed by atoms with Gasteiger partial charge in [0.25, 0.3) is 0 Å². The minimum absolute atomic E-state index is 0.556. The normalized spacial score (nSPS) is 22.4. The molecule has 90 valence electrons. The molecule has 16 heavy (non-hydrogen) atoms. The molecule has 1 fully saturated rings. The maximum absolute atomic E-state index is 5.63. The van der Waals surface area contributed by atoms with Crippen LogP contribution in [0.4, 0.5) is 10.3 Å². The van der Waals surface area contributed by atoms with Crippen LogP contribution in [0.1, 0.15) is 19.3 Å². The predicted molar refractivity (Wildman–Crippen MR) is 67.9 cm³/mol. The van der Waals surface area contributed by atoms with E-state index in [4.69, 9.17) is 5.73 Å². The molecule has 0 aromatic carbocycles. The lowest BCUT2D eigenvalue weighted by molar-refractivity contribution is 0.285. The third kappa shape index (κ3) is 2.62. The van der Waals surface area contributed by atoms with E-state index >= 15 is 0 Å². The molecule has 1 aromatic rings. The molecule has 1 aromatic heterocycles. The number of nitrogens with zero attached hydrogens (tertiary/aromatic N) is 4. The largest absolute Gasteiger partial charge is 0.374 e. The van der Waals surface area contributed by atoms with Crippen molar-refractivity contribution in [2.24, 2.45) is 0 Å². The Balaban J connectivity index is 2.08. The van der Waals surface area contributed by atoms with Crippen LogP contribution >= 0.6 is 11.3 Å². The topological polar surface area (TPSA) is 58.3 Å². The third-order valence-corrected chi connectivity index (χ3v) is 3.89. The number of anilines is 2. The standard InChI is InChI=1S/C10H19N5S/c1-14(2)8-5-3-4-6-15(7-8)10-13-12-9(11)16-10/h8H,3-7H2,1-2H3,(H2,11,12)/t8-/m0/s1. The lowest BCUT2D eigenvalue weighted by Crippen LogP contribution is -2.39. The van der Waals surface area contributed by atoms with Crippen molar-refractivity contribution in [2.75, 3.05) is 37.8 Å². The van der Waals surface area contributed by atoms with Gasteiger partial charge in [0.2, 0.25) is 10.3 Å². The van der Waals surface area contributed by atoms with Crippen molar-refractivity contribution >= 4 is 21.6 Å². The monoisotopic (exact) mass is 241 g/mol.